The van der Waals surface area contributed by atoms with Crippen molar-refractivity contribution in [1.29, 1.82) is 0 Å². The largest absolute Gasteiger partial charge is 0.444 e. The van der Waals surface area contributed by atoms with Gasteiger partial charge in [0.25, 0.3) is 0 Å². The van der Waals surface area contributed by atoms with Crippen molar-refractivity contribution >= 4 is 29.1 Å². The minimum atomic E-state index is -0.559. The molecule has 2 rings (SSSR count). The number of carbonyl (C=O) groups is 1. The predicted molar refractivity (Wildman–Crippen MR) is 80.5 cm³/mol. The van der Waals surface area contributed by atoms with Gasteiger partial charge < -0.3 is 4.74 Å². The van der Waals surface area contributed by atoms with Gasteiger partial charge in [0.15, 0.2) is 0 Å². The Bertz CT molecular complexity index is 664. The highest BCUT2D eigenvalue weighted by Gasteiger charge is 2.03. The highest BCUT2D eigenvalue weighted by atomic mass is 35.5. The third-order valence-electron chi connectivity index (χ3n) is 2.56. The number of ether oxygens (including phenoxy) is 1. The molecule has 0 atom stereocenters. The summed E-state index contributed by atoms with van der Waals surface area (Å²) in [6, 6.07) is 13.4. The molecule has 0 saturated carbocycles. The number of nitrogens with zero attached hydrogens (tertiary/aromatic N) is 3. The molecule has 2 aromatic rings. The summed E-state index contributed by atoms with van der Waals surface area (Å²) in [5, 5.41) is 6.63. The van der Waals surface area contributed by atoms with E-state index in [2.05, 4.69) is 15.3 Å². The average Bonchev–Trinajstić information content (AvgIpc) is 2.49. The van der Waals surface area contributed by atoms with E-state index in [-0.39, 0.29) is 6.61 Å². The summed E-state index contributed by atoms with van der Waals surface area (Å²) in [7, 11) is 0. The van der Waals surface area contributed by atoms with Crippen LogP contribution >= 0.6 is 11.6 Å². The summed E-state index contributed by atoms with van der Waals surface area (Å²) in [6.45, 7) is 0.121. The van der Waals surface area contributed by atoms with Crippen molar-refractivity contribution < 1.29 is 9.53 Å². The van der Waals surface area contributed by atoms with Gasteiger partial charge in [0.1, 0.15) is 6.61 Å². The maximum atomic E-state index is 11.6. The fourth-order valence-electron chi connectivity index (χ4n) is 1.55. The second kappa shape index (κ2) is 7.19. The van der Waals surface area contributed by atoms with E-state index in [0.717, 1.165) is 5.56 Å². The molecule has 0 spiro atoms. The number of azide groups is 1. The van der Waals surface area contributed by atoms with Crippen LogP contribution in [0.25, 0.3) is 10.4 Å². The van der Waals surface area contributed by atoms with Gasteiger partial charge in [0, 0.05) is 21.3 Å². The summed E-state index contributed by atoms with van der Waals surface area (Å²) < 4.78 is 5.08. The van der Waals surface area contributed by atoms with Crippen molar-refractivity contribution in [3.8, 4) is 0 Å². The normalized spacial score (nSPS) is 9.57. The van der Waals surface area contributed by atoms with Crippen molar-refractivity contribution in [3.63, 3.8) is 0 Å². The van der Waals surface area contributed by atoms with E-state index in [1.54, 1.807) is 48.5 Å². The number of amides is 1. The van der Waals surface area contributed by atoms with Crippen molar-refractivity contribution in [2.45, 2.75) is 6.61 Å². The molecule has 106 valence electrons. The van der Waals surface area contributed by atoms with Gasteiger partial charge >= 0.3 is 6.09 Å². The number of rotatable bonds is 4. The Balaban J connectivity index is 1.86. The van der Waals surface area contributed by atoms with E-state index >= 15 is 0 Å². The van der Waals surface area contributed by atoms with Gasteiger partial charge in [-0.2, -0.15) is 0 Å². The average molecular weight is 303 g/mol. The van der Waals surface area contributed by atoms with E-state index < -0.39 is 6.09 Å². The molecule has 0 aliphatic carbocycles. The van der Waals surface area contributed by atoms with Crippen LogP contribution in [0.3, 0.4) is 0 Å². The molecule has 6 nitrogen and oxygen atoms in total. The molecule has 1 amide bonds. The Morgan fingerprint density at radius 1 is 1.19 bits per heavy atom. The van der Waals surface area contributed by atoms with Gasteiger partial charge in [-0.05, 0) is 35.4 Å². The molecule has 0 saturated heterocycles. The Morgan fingerprint density at radius 3 is 2.48 bits per heavy atom. The number of hydrogen-bond donors (Lipinski definition) is 1. The van der Waals surface area contributed by atoms with Crippen molar-refractivity contribution in [2.75, 3.05) is 5.32 Å². The topological polar surface area (TPSA) is 87.1 Å². The van der Waals surface area contributed by atoms with Crippen LogP contribution in [0.5, 0.6) is 0 Å². The number of anilines is 1. The zero-order valence-electron chi connectivity index (χ0n) is 10.9. The lowest BCUT2D eigenvalue weighted by Gasteiger charge is -2.07. The second-order valence-corrected chi connectivity index (χ2v) is 4.50. The van der Waals surface area contributed by atoms with Crippen molar-refractivity contribution in [3.05, 3.63) is 69.6 Å². The van der Waals surface area contributed by atoms with Gasteiger partial charge in [-0.25, -0.2) is 4.79 Å². The predicted octanol–water partition coefficient (Wildman–Crippen LogP) is 5.03. The summed E-state index contributed by atoms with van der Waals surface area (Å²) in [5.74, 6) is 0. The molecule has 0 aromatic heterocycles. The Hall–Kier alpha value is -2.69. The number of nitrogens with one attached hydrogen (secondary N) is 1. The number of benzene rings is 2. The minimum absolute atomic E-state index is 0.121. The molecule has 2 aromatic carbocycles. The molecule has 0 heterocycles. The van der Waals surface area contributed by atoms with Crippen molar-refractivity contribution in [2.24, 2.45) is 5.11 Å². The second-order valence-electron chi connectivity index (χ2n) is 4.06. The first-order chi connectivity index (χ1) is 10.2. The molecule has 0 aliphatic rings. The number of carbonyl (C=O) groups excluding carboxylic acids is 1. The van der Waals surface area contributed by atoms with Gasteiger partial charge in [-0.1, -0.05) is 41.0 Å². The zero-order valence-corrected chi connectivity index (χ0v) is 11.6. The molecule has 21 heavy (non-hydrogen) atoms. The van der Waals surface area contributed by atoms with E-state index in [4.69, 9.17) is 21.9 Å². The van der Waals surface area contributed by atoms with Crippen LogP contribution in [0, 0.1) is 0 Å². The molecule has 0 fully saturated rings. The maximum Gasteiger partial charge on any atom is 0.411 e. The molecule has 0 aliphatic heterocycles. The summed E-state index contributed by atoms with van der Waals surface area (Å²) >= 11 is 5.75. The Labute approximate surface area is 125 Å². The summed E-state index contributed by atoms with van der Waals surface area (Å²) in [4.78, 5) is 14.3. The first kappa shape index (κ1) is 14.7. The molecule has 0 radical (unpaired) electrons. The molecular weight excluding hydrogens is 292 g/mol. The standard InChI is InChI=1S/C14H11ClN4O2/c15-11-3-7-12(8-4-11)17-14(20)21-9-10-1-5-13(6-2-10)18-19-16/h1-8H,9H2,(H,17,20). The lowest BCUT2D eigenvalue weighted by molar-refractivity contribution is 0.155. The monoisotopic (exact) mass is 302 g/mol. The van der Waals surface area contributed by atoms with E-state index in [0.29, 0.717) is 16.4 Å². The van der Waals surface area contributed by atoms with Crippen LogP contribution < -0.4 is 5.32 Å². The molecular formula is C14H11ClN4O2. The van der Waals surface area contributed by atoms with E-state index in [1.165, 1.54) is 0 Å². The van der Waals surface area contributed by atoms with Crippen LogP contribution in [0.1, 0.15) is 5.56 Å². The van der Waals surface area contributed by atoms with Crippen LogP contribution in [-0.4, -0.2) is 6.09 Å². The first-order valence-corrected chi connectivity index (χ1v) is 6.38. The molecule has 0 bridgehead atoms. The van der Waals surface area contributed by atoms with Gasteiger partial charge in [0.05, 0.1) is 0 Å². The smallest absolute Gasteiger partial charge is 0.411 e. The fraction of sp³-hybridized carbons (Fsp3) is 0.0714. The minimum Gasteiger partial charge on any atom is -0.444 e. The maximum absolute atomic E-state index is 11.6. The lowest BCUT2D eigenvalue weighted by atomic mass is 10.2. The van der Waals surface area contributed by atoms with E-state index in [1.807, 2.05) is 0 Å². The Morgan fingerprint density at radius 2 is 1.86 bits per heavy atom. The first-order valence-electron chi connectivity index (χ1n) is 6.01. The summed E-state index contributed by atoms with van der Waals surface area (Å²) in [5.41, 5.74) is 10.2. The summed E-state index contributed by atoms with van der Waals surface area (Å²) in [6.07, 6.45) is -0.559. The highest BCUT2D eigenvalue weighted by Crippen LogP contribution is 2.15. The van der Waals surface area contributed by atoms with Gasteiger partial charge in [-0.3, -0.25) is 5.32 Å². The molecule has 7 heteroatoms. The quantitative estimate of drug-likeness (QED) is 0.487. The number of hydrogen-bond acceptors (Lipinski definition) is 3. The third-order valence-corrected chi connectivity index (χ3v) is 2.81. The number of halogens is 1. The SMILES string of the molecule is [N-]=[N+]=Nc1ccc(COC(=O)Nc2ccc(Cl)cc2)cc1. The van der Waals surface area contributed by atoms with E-state index in [9.17, 15) is 4.79 Å². The molecule has 1 N–H and O–H groups in total. The van der Waals surface area contributed by atoms with Crippen LogP contribution in [0.4, 0.5) is 16.2 Å². The highest BCUT2D eigenvalue weighted by molar-refractivity contribution is 6.30. The molecule has 0 unspecified atom stereocenters. The fourth-order valence-corrected chi connectivity index (χ4v) is 1.67. The van der Waals surface area contributed by atoms with Gasteiger partial charge in [-0.15, -0.1) is 0 Å². The van der Waals surface area contributed by atoms with Crippen molar-refractivity contribution in [1.82, 2.24) is 0 Å². The zero-order chi connectivity index (χ0) is 15.1. The van der Waals surface area contributed by atoms with Gasteiger partial charge in [0.2, 0.25) is 0 Å². The third kappa shape index (κ3) is 4.72. The van der Waals surface area contributed by atoms with Crippen LogP contribution in [0.15, 0.2) is 53.6 Å². The lowest BCUT2D eigenvalue weighted by Crippen LogP contribution is -2.13. The van der Waals surface area contributed by atoms with Crippen LogP contribution in [-0.2, 0) is 11.3 Å². The Kier molecular flexibility index (Phi) is 5.04. The van der Waals surface area contributed by atoms with Crippen LogP contribution in [0.2, 0.25) is 5.02 Å².